The standard InChI is InChI=1S/C53H32N2S2/c1-3-7-44-36(5-1)17-25-48-52(44)46-23-21-42(30-50(46)56-48)55(43-22-24-47-51(31-43)57-49-26-18-37-6-2-4-8-45(37)53(47)49)41-19-15-34(16-20-41)33-9-11-35(12-10-33)38-13-14-40-32-54-28-27-39(40)29-38/h1-32H. The van der Waals surface area contributed by atoms with E-state index in [1.165, 1.54) is 89.5 Å². The summed E-state index contributed by atoms with van der Waals surface area (Å²) in [7, 11) is 0. The van der Waals surface area contributed by atoms with E-state index in [1.54, 1.807) is 0 Å². The molecule has 0 atom stereocenters. The maximum absolute atomic E-state index is 4.27. The first-order chi connectivity index (χ1) is 28.2. The van der Waals surface area contributed by atoms with Gasteiger partial charge in [0.1, 0.15) is 0 Å². The van der Waals surface area contributed by atoms with Crippen LogP contribution < -0.4 is 4.90 Å². The van der Waals surface area contributed by atoms with Gasteiger partial charge in [0, 0.05) is 75.2 Å². The first-order valence-electron chi connectivity index (χ1n) is 19.2. The zero-order chi connectivity index (χ0) is 37.5. The number of anilines is 3. The molecule has 57 heavy (non-hydrogen) atoms. The molecule has 0 fully saturated rings. The highest BCUT2D eigenvalue weighted by Crippen LogP contribution is 2.45. The van der Waals surface area contributed by atoms with Crippen molar-refractivity contribution in [3.63, 3.8) is 0 Å². The highest BCUT2D eigenvalue weighted by atomic mass is 32.1. The van der Waals surface area contributed by atoms with Crippen molar-refractivity contribution in [3.05, 3.63) is 194 Å². The molecule has 12 rings (SSSR count). The second-order valence-corrected chi connectivity index (χ2v) is 16.9. The van der Waals surface area contributed by atoms with Gasteiger partial charge in [0.05, 0.1) is 0 Å². The van der Waals surface area contributed by atoms with Crippen LogP contribution in [-0.2, 0) is 0 Å². The molecule has 0 unspecified atom stereocenters. The number of aromatic nitrogens is 1. The Morgan fingerprint density at radius 3 is 1.42 bits per heavy atom. The minimum atomic E-state index is 1.12. The summed E-state index contributed by atoms with van der Waals surface area (Å²) in [4.78, 5) is 6.69. The normalized spacial score (nSPS) is 11.9. The van der Waals surface area contributed by atoms with Crippen molar-refractivity contribution in [2.45, 2.75) is 0 Å². The van der Waals surface area contributed by atoms with E-state index in [9.17, 15) is 0 Å². The summed E-state index contributed by atoms with van der Waals surface area (Å²) in [6.45, 7) is 0. The molecule has 0 saturated heterocycles. The van der Waals surface area contributed by atoms with Crippen LogP contribution in [0, 0.1) is 0 Å². The lowest BCUT2D eigenvalue weighted by molar-refractivity contribution is 1.30. The summed E-state index contributed by atoms with van der Waals surface area (Å²) in [6, 6.07) is 67.2. The van der Waals surface area contributed by atoms with Crippen LogP contribution in [0.25, 0.3) is 94.9 Å². The summed E-state index contributed by atoms with van der Waals surface area (Å²) in [5.74, 6) is 0. The van der Waals surface area contributed by atoms with E-state index in [-0.39, 0.29) is 0 Å². The van der Waals surface area contributed by atoms with Gasteiger partial charge in [-0.05, 0) is 110 Å². The van der Waals surface area contributed by atoms with Crippen LogP contribution in [-0.4, -0.2) is 4.98 Å². The molecule has 0 amide bonds. The van der Waals surface area contributed by atoms with Crippen molar-refractivity contribution in [3.8, 4) is 22.3 Å². The lowest BCUT2D eigenvalue weighted by Gasteiger charge is -2.26. The van der Waals surface area contributed by atoms with Gasteiger partial charge < -0.3 is 4.90 Å². The lowest BCUT2D eigenvalue weighted by Crippen LogP contribution is -2.09. The Balaban J connectivity index is 0.968. The molecule has 2 nitrogen and oxygen atoms in total. The van der Waals surface area contributed by atoms with Crippen molar-refractivity contribution < 1.29 is 0 Å². The average molecular weight is 761 g/mol. The predicted molar refractivity (Wildman–Crippen MR) is 248 cm³/mol. The first-order valence-corrected chi connectivity index (χ1v) is 20.9. The van der Waals surface area contributed by atoms with Crippen LogP contribution in [0.2, 0.25) is 0 Å². The Morgan fingerprint density at radius 1 is 0.333 bits per heavy atom. The Morgan fingerprint density at radius 2 is 0.825 bits per heavy atom. The molecule has 3 heterocycles. The van der Waals surface area contributed by atoms with Crippen molar-refractivity contribution >= 4 is 112 Å². The Labute approximate surface area is 337 Å². The largest absolute Gasteiger partial charge is 0.310 e. The number of hydrogen-bond donors (Lipinski definition) is 0. The van der Waals surface area contributed by atoms with Crippen LogP contribution in [0.1, 0.15) is 0 Å². The summed E-state index contributed by atoms with van der Waals surface area (Å²) in [5, 5.41) is 12.8. The SMILES string of the molecule is c1ccc2c(c1)ccc1sc3cc(N(c4ccc(-c5ccc(-c6ccc7cnccc7c6)cc5)cc4)c4ccc5c(c4)sc4ccc6ccccc6c45)ccc3c12. The molecule has 0 bridgehead atoms. The fourth-order valence-corrected chi connectivity index (χ4v) is 11.0. The fraction of sp³-hybridized carbons (Fsp3) is 0. The van der Waals surface area contributed by atoms with Crippen LogP contribution in [0.15, 0.2) is 194 Å². The lowest BCUT2D eigenvalue weighted by atomic mass is 9.98. The van der Waals surface area contributed by atoms with E-state index in [0.717, 1.165) is 22.4 Å². The van der Waals surface area contributed by atoms with Gasteiger partial charge in [-0.2, -0.15) is 0 Å². The molecule has 0 aliphatic carbocycles. The number of benzene rings is 9. The first kappa shape index (κ1) is 32.4. The van der Waals surface area contributed by atoms with Crippen LogP contribution in [0.5, 0.6) is 0 Å². The Hall–Kier alpha value is -6.85. The maximum Gasteiger partial charge on any atom is 0.0476 e. The number of rotatable bonds is 5. The summed E-state index contributed by atoms with van der Waals surface area (Å²) < 4.78 is 5.22. The van der Waals surface area contributed by atoms with Crippen molar-refractivity contribution in [2.24, 2.45) is 0 Å². The molecule has 9 aromatic carbocycles. The van der Waals surface area contributed by atoms with E-state index in [1.807, 2.05) is 35.1 Å². The smallest absolute Gasteiger partial charge is 0.0476 e. The number of fused-ring (bicyclic) bond motifs is 11. The van der Waals surface area contributed by atoms with Crippen LogP contribution in [0.3, 0.4) is 0 Å². The van der Waals surface area contributed by atoms with Crippen molar-refractivity contribution in [1.29, 1.82) is 0 Å². The molecule has 0 aliphatic rings. The third-order valence-corrected chi connectivity index (χ3v) is 13.8. The molecule has 3 aromatic heterocycles. The van der Waals surface area contributed by atoms with Crippen LogP contribution in [0.4, 0.5) is 17.1 Å². The molecule has 0 aliphatic heterocycles. The predicted octanol–water partition coefficient (Wildman–Crippen LogP) is 16.1. The quantitative estimate of drug-likeness (QED) is 0.174. The zero-order valence-corrected chi connectivity index (χ0v) is 32.3. The third kappa shape index (κ3) is 5.33. The second kappa shape index (κ2) is 12.9. The molecule has 4 heteroatoms. The Bertz CT molecular complexity index is 3370. The van der Waals surface area contributed by atoms with Gasteiger partial charge in [0.15, 0.2) is 0 Å². The Kier molecular flexibility index (Phi) is 7.31. The highest BCUT2D eigenvalue weighted by Gasteiger charge is 2.18. The molecule has 0 N–H and O–H groups in total. The zero-order valence-electron chi connectivity index (χ0n) is 30.7. The highest BCUT2D eigenvalue weighted by molar-refractivity contribution is 7.26. The minimum absolute atomic E-state index is 1.12. The maximum atomic E-state index is 4.27. The molecule has 0 spiro atoms. The fourth-order valence-electron chi connectivity index (χ4n) is 8.72. The molecule has 0 saturated carbocycles. The van der Waals surface area contributed by atoms with E-state index in [2.05, 4.69) is 192 Å². The summed E-state index contributed by atoms with van der Waals surface area (Å²) in [5.41, 5.74) is 8.21. The van der Waals surface area contributed by atoms with Gasteiger partial charge >= 0.3 is 0 Å². The molecule has 266 valence electrons. The molecular formula is C53H32N2S2. The minimum Gasteiger partial charge on any atom is -0.310 e. The number of nitrogens with zero attached hydrogens (tertiary/aromatic N) is 2. The van der Waals surface area contributed by atoms with Gasteiger partial charge in [0.2, 0.25) is 0 Å². The molecular weight excluding hydrogens is 729 g/mol. The summed E-state index contributed by atoms with van der Waals surface area (Å²) in [6.07, 6.45) is 3.77. The van der Waals surface area contributed by atoms with Gasteiger partial charge in [-0.1, -0.05) is 121 Å². The number of pyridine rings is 1. The average Bonchev–Trinajstić information content (AvgIpc) is 3.85. The van der Waals surface area contributed by atoms with Gasteiger partial charge in [-0.25, -0.2) is 0 Å². The topological polar surface area (TPSA) is 16.1 Å². The van der Waals surface area contributed by atoms with Gasteiger partial charge in [0.25, 0.3) is 0 Å². The van der Waals surface area contributed by atoms with Gasteiger partial charge in [-0.3, -0.25) is 4.98 Å². The third-order valence-electron chi connectivity index (χ3n) is 11.5. The molecule has 12 aromatic rings. The molecule has 0 radical (unpaired) electrons. The van der Waals surface area contributed by atoms with E-state index in [4.69, 9.17) is 0 Å². The monoisotopic (exact) mass is 760 g/mol. The number of hydrogen-bond acceptors (Lipinski definition) is 4. The van der Waals surface area contributed by atoms with Crippen LogP contribution >= 0.6 is 22.7 Å². The van der Waals surface area contributed by atoms with E-state index >= 15 is 0 Å². The second-order valence-electron chi connectivity index (χ2n) is 14.8. The van der Waals surface area contributed by atoms with Crippen molar-refractivity contribution in [1.82, 2.24) is 4.98 Å². The summed E-state index contributed by atoms with van der Waals surface area (Å²) >= 11 is 3.75. The number of thiophene rings is 2. The van der Waals surface area contributed by atoms with Gasteiger partial charge in [-0.15, -0.1) is 22.7 Å². The van der Waals surface area contributed by atoms with E-state index < -0.39 is 0 Å². The van der Waals surface area contributed by atoms with Crippen molar-refractivity contribution in [2.75, 3.05) is 4.90 Å². The van der Waals surface area contributed by atoms with E-state index in [0.29, 0.717) is 0 Å².